The maximum absolute atomic E-state index is 11.7. The van der Waals surface area contributed by atoms with E-state index in [4.69, 9.17) is 9.84 Å². The lowest BCUT2D eigenvalue weighted by Gasteiger charge is -2.15. The molecule has 0 aromatic carbocycles. The van der Waals surface area contributed by atoms with Gasteiger partial charge in [0.15, 0.2) is 0 Å². The van der Waals surface area contributed by atoms with Gasteiger partial charge in [-0.25, -0.2) is 0 Å². The maximum Gasteiger partial charge on any atom is 0.306 e. The Bertz CT molecular complexity index is 624. The number of carbonyl (C=O) groups is 1. The van der Waals surface area contributed by atoms with E-state index in [-0.39, 0.29) is 13.0 Å². The van der Waals surface area contributed by atoms with Crippen molar-refractivity contribution in [1.82, 2.24) is 0 Å². The molecule has 0 saturated carbocycles. The van der Waals surface area contributed by atoms with Crippen molar-refractivity contribution in [3.05, 3.63) is 46.6 Å². The first-order valence-corrected chi connectivity index (χ1v) is 11.4. The number of aliphatic hydroxyl groups excluding tert-OH is 3. The molecule has 178 valence electrons. The normalized spacial score (nSPS) is 14.9. The van der Waals surface area contributed by atoms with Crippen LogP contribution in [0.1, 0.15) is 86.0 Å². The molecule has 5 heteroatoms. The minimum absolute atomic E-state index is 0.230. The van der Waals surface area contributed by atoms with Crippen LogP contribution in [0.3, 0.4) is 0 Å². The van der Waals surface area contributed by atoms with Gasteiger partial charge in [0.2, 0.25) is 0 Å². The van der Waals surface area contributed by atoms with Crippen molar-refractivity contribution in [2.24, 2.45) is 0 Å². The fourth-order valence-corrected chi connectivity index (χ4v) is 2.91. The number of esters is 1. The number of allylic oxidation sites excluding steroid dienone is 8. The standard InChI is InChI=1S/C26H44O5/c1-20(2)10-6-11-21(3)12-7-13-22(4)14-8-15-23(5)16-9-17-26(30)31-19-25(29)24(28)18-27/h10,12,14,16,24-25,27-29H,6-9,11,13,15,17-19H2,1-5H3/b21-12+,22-14+,23-16?. The Labute approximate surface area is 189 Å². The molecule has 2 unspecified atom stereocenters. The molecule has 0 aliphatic heterocycles. The van der Waals surface area contributed by atoms with Crippen molar-refractivity contribution in [2.75, 3.05) is 13.2 Å². The van der Waals surface area contributed by atoms with Crippen LogP contribution in [0.15, 0.2) is 46.6 Å². The van der Waals surface area contributed by atoms with Gasteiger partial charge in [0.05, 0.1) is 6.61 Å². The van der Waals surface area contributed by atoms with Gasteiger partial charge in [0, 0.05) is 6.42 Å². The van der Waals surface area contributed by atoms with Crippen LogP contribution in [-0.4, -0.2) is 46.7 Å². The minimum Gasteiger partial charge on any atom is -0.463 e. The molecule has 0 spiro atoms. The molecule has 0 aliphatic rings. The highest BCUT2D eigenvalue weighted by molar-refractivity contribution is 5.69. The summed E-state index contributed by atoms with van der Waals surface area (Å²) in [7, 11) is 0. The monoisotopic (exact) mass is 436 g/mol. The molecule has 0 rings (SSSR count). The second-order valence-corrected chi connectivity index (χ2v) is 8.59. The van der Waals surface area contributed by atoms with Crippen LogP contribution >= 0.6 is 0 Å². The lowest BCUT2D eigenvalue weighted by atomic mass is 10.0. The molecule has 0 aliphatic carbocycles. The van der Waals surface area contributed by atoms with Gasteiger partial charge in [0.1, 0.15) is 18.8 Å². The fraction of sp³-hybridized carbons (Fsp3) is 0.654. The van der Waals surface area contributed by atoms with Crippen molar-refractivity contribution >= 4 is 5.97 Å². The van der Waals surface area contributed by atoms with E-state index in [9.17, 15) is 15.0 Å². The molecule has 0 radical (unpaired) electrons. The van der Waals surface area contributed by atoms with Crippen LogP contribution < -0.4 is 0 Å². The summed E-state index contributed by atoms with van der Waals surface area (Å²) in [5, 5.41) is 27.4. The molecule has 0 heterocycles. The number of hydrogen-bond donors (Lipinski definition) is 3. The summed E-state index contributed by atoms with van der Waals surface area (Å²) < 4.78 is 4.90. The first-order valence-electron chi connectivity index (χ1n) is 11.4. The number of aliphatic hydroxyl groups is 3. The minimum atomic E-state index is -1.29. The van der Waals surface area contributed by atoms with Gasteiger partial charge in [-0.3, -0.25) is 4.79 Å². The van der Waals surface area contributed by atoms with Crippen LogP contribution in [0, 0.1) is 0 Å². The molecule has 0 fully saturated rings. The lowest BCUT2D eigenvalue weighted by molar-refractivity contribution is -0.149. The molecular formula is C26H44O5. The zero-order chi connectivity index (χ0) is 23.6. The third kappa shape index (κ3) is 17.7. The third-order valence-corrected chi connectivity index (χ3v) is 5.04. The van der Waals surface area contributed by atoms with E-state index in [2.05, 4.69) is 52.8 Å². The maximum atomic E-state index is 11.7. The Kier molecular flexibility index (Phi) is 17.0. The molecule has 2 atom stereocenters. The quantitative estimate of drug-likeness (QED) is 0.229. The topological polar surface area (TPSA) is 87.0 Å². The molecule has 3 N–H and O–H groups in total. The van der Waals surface area contributed by atoms with E-state index in [1.54, 1.807) is 0 Å². The largest absolute Gasteiger partial charge is 0.463 e. The Morgan fingerprint density at radius 3 is 1.55 bits per heavy atom. The Morgan fingerprint density at radius 2 is 1.13 bits per heavy atom. The summed E-state index contributed by atoms with van der Waals surface area (Å²) in [6.45, 7) is 9.86. The molecule has 0 aromatic heterocycles. The van der Waals surface area contributed by atoms with E-state index < -0.39 is 24.8 Å². The van der Waals surface area contributed by atoms with Crippen LogP contribution in [0.4, 0.5) is 0 Å². The smallest absolute Gasteiger partial charge is 0.306 e. The average molecular weight is 437 g/mol. The number of ether oxygens (including phenoxy) is 1. The van der Waals surface area contributed by atoms with E-state index in [0.29, 0.717) is 6.42 Å². The number of hydrogen-bond acceptors (Lipinski definition) is 5. The molecule has 0 saturated heterocycles. The predicted octanol–water partition coefficient (Wildman–Crippen LogP) is 5.17. The first-order chi connectivity index (χ1) is 14.6. The molecular weight excluding hydrogens is 392 g/mol. The van der Waals surface area contributed by atoms with Crippen LogP contribution in [0.25, 0.3) is 0 Å². The molecule has 0 bridgehead atoms. The van der Waals surface area contributed by atoms with E-state index >= 15 is 0 Å². The first kappa shape index (κ1) is 29.3. The van der Waals surface area contributed by atoms with Gasteiger partial charge in [-0.1, -0.05) is 46.6 Å². The zero-order valence-corrected chi connectivity index (χ0v) is 20.2. The molecule has 31 heavy (non-hydrogen) atoms. The highest BCUT2D eigenvalue weighted by atomic mass is 16.5. The van der Waals surface area contributed by atoms with Gasteiger partial charge in [-0.05, 0) is 79.6 Å². The molecule has 0 amide bonds. The highest BCUT2D eigenvalue weighted by Gasteiger charge is 2.16. The Morgan fingerprint density at radius 1 is 0.710 bits per heavy atom. The van der Waals surface area contributed by atoms with Crippen molar-refractivity contribution in [2.45, 2.75) is 98.2 Å². The van der Waals surface area contributed by atoms with Gasteiger partial charge < -0.3 is 20.1 Å². The van der Waals surface area contributed by atoms with E-state index in [0.717, 1.165) is 38.5 Å². The van der Waals surface area contributed by atoms with Crippen molar-refractivity contribution in [3.8, 4) is 0 Å². The number of rotatable bonds is 16. The second-order valence-electron chi connectivity index (χ2n) is 8.59. The summed E-state index contributed by atoms with van der Waals surface area (Å²) in [6.07, 6.45) is 13.6. The van der Waals surface area contributed by atoms with E-state index in [1.165, 1.54) is 22.3 Å². The molecule has 5 nitrogen and oxygen atoms in total. The van der Waals surface area contributed by atoms with Crippen LogP contribution in [0.2, 0.25) is 0 Å². The predicted molar refractivity (Wildman–Crippen MR) is 128 cm³/mol. The van der Waals surface area contributed by atoms with Gasteiger partial charge in [-0.15, -0.1) is 0 Å². The second kappa shape index (κ2) is 17.9. The summed E-state index contributed by atoms with van der Waals surface area (Å²) in [5.41, 5.74) is 5.49. The summed E-state index contributed by atoms with van der Waals surface area (Å²) >= 11 is 0. The molecule has 0 aromatic rings. The number of carbonyl (C=O) groups excluding carboxylic acids is 1. The van der Waals surface area contributed by atoms with Crippen molar-refractivity contribution in [1.29, 1.82) is 0 Å². The third-order valence-electron chi connectivity index (χ3n) is 5.04. The summed E-state index contributed by atoms with van der Waals surface area (Å²) in [5.74, 6) is -0.423. The van der Waals surface area contributed by atoms with Gasteiger partial charge >= 0.3 is 5.97 Å². The fourth-order valence-electron chi connectivity index (χ4n) is 2.91. The Balaban J connectivity index is 4.05. The summed E-state index contributed by atoms with van der Waals surface area (Å²) in [4.78, 5) is 11.7. The van der Waals surface area contributed by atoms with Crippen LogP contribution in [0.5, 0.6) is 0 Å². The average Bonchev–Trinajstić information content (AvgIpc) is 2.71. The lowest BCUT2D eigenvalue weighted by Crippen LogP contribution is -2.34. The van der Waals surface area contributed by atoms with E-state index in [1.807, 2.05) is 6.08 Å². The highest BCUT2D eigenvalue weighted by Crippen LogP contribution is 2.14. The Hall–Kier alpha value is -1.69. The summed E-state index contributed by atoms with van der Waals surface area (Å²) in [6, 6.07) is 0. The van der Waals surface area contributed by atoms with Gasteiger partial charge in [-0.2, -0.15) is 0 Å². The van der Waals surface area contributed by atoms with Crippen molar-refractivity contribution in [3.63, 3.8) is 0 Å². The van der Waals surface area contributed by atoms with Crippen molar-refractivity contribution < 1.29 is 24.9 Å². The SMILES string of the molecule is CC(C)=CCC/C(C)=C/CC/C(C)=C/CCC(C)=CCCC(=O)OCC(O)C(O)CO. The van der Waals surface area contributed by atoms with Gasteiger partial charge in [0.25, 0.3) is 0 Å². The van der Waals surface area contributed by atoms with Crippen LogP contribution in [-0.2, 0) is 9.53 Å². The zero-order valence-electron chi connectivity index (χ0n) is 20.2.